The van der Waals surface area contributed by atoms with Gasteiger partial charge in [0.1, 0.15) is 0 Å². The molecule has 3 aromatic carbocycles. The Kier molecular flexibility index (Phi) is 4.09. The van der Waals surface area contributed by atoms with Gasteiger partial charge in [-0.1, -0.05) is 58.4 Å². The average Bonchev–Trinajstić information content (AvgIpc) is 2.51. The standard InChI is InChI=1S/C19H18BrN/c1-13-7-10-17(20)12-18(13)19(21-2)16-9-8-14-5-3-4-6-15(14)11-16/h3-12,19,21H,1-2H3. The topological polar surface area (TPSA) is 12.0 Å². The number of hydrogen-bond donors (Lipinski definition) is 1. The van der Waals surface area contributed by atoms with Crippen LogP contribution in [0.25, 0.3) is 10.8 Å². The minimum Gasteiger partial charge on any atom is -0.309 e. The van der Waals surface area contributed by atoms with E-state index in [4.69, 9.17) is 0 Å². The van der Waals surface area contributed by atoms with E-state index in [1.54, 1.807) is 0 Å². The van der Waals surface area contributed by atoms with Crippen molar-refractivity contribution in [3.05, 3.63) is 81.8 Å². The third-order valence-electron chi connectivity index (χ3n) is 3.95. The van der Waals surface area contributed by atoms with Crippen LogP contribution in [0.3, 0.4) is 0 Å². The van der Waals surface area contributed by atoms with Crippen LogP contribution in [0, 0.1) is 6.92 Å². The highest BCUT2D eigenvalue weighted by Gasteiger charge is 2.15. The molecule has 0 saturated heterocycles. The van der Waals surface area contributed by atoms with Crippen molar-refractivity contribution in [3.8, 4) is 0 Å². The lowest BCUT2D eigenvalue weighted by Gasteiger charge is -2.20. The van der Waals surface area contributed by atoms with Crippen molar-refractivity contribution in [1.29, 1.82) is 0 Å². The van der Waals surface area contributed by atoms with Crippen molar-refractivity contribution < 1.29 is 0 Å². The van der Waals surface area contributed by atoms with Crippen LogP contribution in [-0.4, -0.2) is 7.05 Å². The van der Waals surface area contributed by atoms with Crippen LogP contribution in [0.15, 0.2) is 65.1 Å². The van der Waals surface area contributed by atoms with Crippen molar-refractivity contribution in [1.82, 2.24) is 5.32 Å². The van der Waals surface area contributed by atoms with Crippen molar-refractivity contribution in [2.75, 3.05) is 7.05 Å². The highest BCUT2D eigenvalue weighted by molar-refractivity contribution is 9.10. The summed E-state index contributed by atoms with van der Waals surface area (Å²) in [5.41, 5.74) is 3.89. The van der Waals surface area contributed by atoms with Gasteiger partial charge in [-0.15, -0.1) is 0 Å². The van der Waals surface area contributed by atoms with Gasteiger partial charge in [-0.05, 0) is 59.6 Å². The lowest BCUT2D eigenvalue weighted by Crippen LogP contribution is -2.18. The maximum Gasteiger partial charge on any atom is 0.0577 e. The molecule has 3 rings (SSSR count). The number of hydrogen-bond acceptors (Lipinski definition) is 1. The predicted molar refractivity (Wildman–Crippen MR) is 93.7 cm³/mol. The number of rotatable bonds is 3. The Balaban J connectivity index is 2.11. The summed E-state index contributed by atoms with van der Waals surface area (Å²) >= 11 is 3.58. The molecule has 0 heterocycles. The molecule has 0 radical (unpaired) electrons. The Morgan fingerprint density at radius 1 is 0.905 bits per heavy atom. The van der Waals surface area contributed by atoms with E-state index in [1.165, 1.54) is 27.5 Å². The van der Waals surface area contributed by atoms with E-state index in [0.29, 0.717) is 0 Å². The second-order valence-electron chi connectivity index (χ2n) is 5.33. The Labute approximate surface area is 134 Å². The molecule has 0 spiro atoms. The van der Waals surface area contributed by atoms with E-state index < -0.39 is 0 Å². The van der Waals surface area contributed by atoms with Gasteiger partial charge in [0.05, 0.1) is 6.04 Å². The van der Waals surface area contributed by atoms with Gasteiger partial charge < -0.3 is 5.32 Å². The summed E-state index contributed by atoms with van der Waals surface area (Å²) in [6.07, 6.45) is 0. The molecule has 0 fully saturated rings. The molecule has 1 nitrogen and oxygen atoms in total. The van der Waals surface area contributed by atoms with E-state index in [0.717, 1.165) is 4.47 Å². The second-order valence-corrected chi connectivity index (χ2v) is 6.24. The molecule has 106 valence electrons. The number of halogens is 1. The van der Waals surface area contributed by atoms with Crippen LogP contribution >= 0.6 is 15.9 Å². The summed E-state index contributed by atoms with van der Waals surface area (Å²) < 4.78 is 1.11. The molecule has 21 heavy (non-hydrogen) atoms. The van der Waals surface area contributed by atoms with Crippen molar-refractivity contribution in [2.45, 2.75) is 13.0 Å². The van der Waals surface area contributed by atoms with Gasteiger partial charge in [-0.3, -0.25) is 0 Å². The zero-order valence-corrected chi connectivity index (χ0v) is 13.8. The molecule has 0 aliphatic rings. The molecule has 3 aromatic rings. The summed E-state index contributed by atoms with van der Waals surface area (Å²) in [4.78, 5) is 0. The third kappa shape index (κ3) is 2.87. The largest absolute Gasteiger partial charge is 0.309 e. The Hall–Kier alpha value is -1.64. The van der Waals surface area contributed by atoms with E-state index >= 15 is 0 Å². The summed E-state index contributed by atoms with van der Waals surface area (Å²) in [6, 6.07) is 21.8. The third-order valence-corrected chi connectivity index (χ3v) is 4.44. The number of aryl methyl sites for hydroxylation is 1. The molecular formula is C19H18BrN. The molecular weight excluding hydrogens is 322 g/mol. The van der Waals surface area contributed by atoms with E-state index in [1.807, 2.05) is 7.05 Å². The lowest BCUT2D eigenvalue weighted by molar-refractivity contribution is 0.688. The maximum atomic E-state index is 3.58. The maximum absolute atomic E-state index is 3.58. The molecule has 0 aliphatic carbocycles. The number of benzene rings is 3. The van der Waals surface area contributed by atoms with E-state index in [-0.39, 0.29) is 6.04 Å². The molecule has 0 aromatic heterocycles. The van der Waals surface area contributed by atoms with Gasteiger partial charge in [0, 0.05) is 4.47 Å². The molecule has 2 heteroatoms. The van der Waals surface area contributed by atoms with Gasteiger partial charge in [0.15, 0.2) is 0 Å². The second kappa shape index (κ2) is 6.00. The van der Waals surface area contributed by atoms with E-state index in [2.05, 4.69) is 88.8 Å². The summed E-state index contributed by atoms with van der Waals surface area (Å²) in [5.74, 6) is 0. The summed E-state index contributed by atoms with van der Waals surface area (Å²) in [5, 5.41) is 6.01. The van der Waals surface area contributed by atoms with Crippen molar-refractivity contribution >= 4 is 26.7 Å². The molecule has 0 saturated carbocycles. The van der Waals surface area contributed by atoms with Gasteiger partial charge in [-0.25, -0.2) is 0 Å². The first-order chi connectivity index (χ1) is 10.2. The van der Waals surface area contributed by atoms with Gasteiger partial charge in [-0.2, -0.15) is 0 Å². The highest BCUT2D eigenvalue weighted by Crippen LogP contribution is 2.29. The van der Waals surface area contributed by atoms with Gasteiger partial charge in [0.25, 0.3) is 0 Å². The smallest absolute Gasteiger partial charge is 0.0577 e. The molecule has 1 N–H and O–H groups in total. The van der Waals surface area contributed by atoms with E-state index in [9.17, 15) is 0 Å². The van der Waals surface area contributed by atoms with Crippen molar-refractivity contribution in [3.63, 3.8) is 0 Å². The van der Waals surface area contributed by atoms with Gasteiger partial charge >= 0.3 is 0 Å². The Morgan fingerprint density at radius 2 is 1.67 bits per heavy atom. The monoisotopic (exact) mass is 339 g/mol. The van der Waals surface area contributed by atoms with Crippen LogP contribution in [-0.2, 0) is 0 Å². The van der Waals surface area contributed by atoms with Crippen molar-refractivity contribution in [2.24, 2.45) is 0 Å². The average molecular weight is 340 g/mol. The zero-order valence-electron chi connectivity index (χ0n) is 12.2. The zero-order chi connectivity index (χ0) is 14.8. The molecule has 0 aliphatic heterocycles. The normalized spacial score (nSPS) is 12.5. The fourth-order valence-corrected chi connectivity index (χ4v) is 3.19. The SMILES string of the molecule is CNC(c1ccc2ccccc2c1)c1cc(Br)ccc1C. The van der Waals surface area contributed by atoms with Crippen LogP contribution in [0.1, 0.15) is 22.7 Å². The highest BCUT2D eigenvalue weighted by atomic mass is 79.9. The quantitative estimate of drug-likeness (QED) is 0.689. The van der Waals surface area contributed by atoms with Crippen LogP contribution in [0.2, 0.25) is 0 Å². The van der Waals surface area contributed by atoms with Gasteiger partial charge in [0.2, 0.25) is 0 Å². The fourth-order valence-electron chi connectivity index (χ4n) is 2.81. The molecule has 0 bridgehead atoms. The first-order valence-corrected chi connectivity index (χ1v) is 7.90. The first-order valence-electron chi connectivity index (χ1n) is 7.11. The number of nitrogens with one attached hydrogen (secondary N) is 1. The minimum absolute atomic E-state index is 0.201. The molecule has 1 atom stereocenters. The van der Waals surface area contributed by atoms with Crippen LogP contribution < -0.4 is 5.32 Å². The van der Waals surface area contributed by atoms with Crippen LogP contribution in [0.4, 0.5) is 0 Å². The molecule has 1 unspecified atom stereocenters. The Bertz CT molecular complexity index is 779. The fraction of sp³-hybridized carbons (Fsp3) is 0.158. The minimum atomic E-state index is 0.201. The first kappa shape index (κ1) is 14.3. The predicted octanol–water partition coefficient (Wildman–Crippen LogP) is 5.22. The van der Waals surface area contributed by atoms with Crippen LogP contribution in [0.5, 0.6) is 0 Å². The Morgan fingerprint density at radius 3 is 2.43 bits per heavy atom. The summed E-state index contributed by atoms with van der Waals surface area (Å²) in [7, 11) is 2.01. The summed E-state index contributed by atoms with van der Waals surface area (Å²) in [6.45, 7) is 2.16. The lowest BCUT2D eigenvalue weighted by atomic mass is 9.93. The molecule has 0 amide bonds. The number of fused-ring (bicyclic) bond motifs is 1.